The van der Waals surface area contributed by atoms with E-state index in [1.165, 1.54) is 49.2 Å². The Morgan fingerprint density at radius 1 is 1.27 bits per heavy atom. The second-order valence-corrected chi connectivity index (χ2v) is 10.8. The van der Waals surface area contributed by atoms with Gasteiger partial charge in [0.1, 0.15) is 4.83 Å². The lowest BCUT2D eigenvalue weighted by atomic mass is 10.1. The van der Waals surface area contributed by atoms with E-state index in [-0.39, 0.29) is 11.8 Å². The summed E-state index contributed by atoms with van der Waals surface area (Å²) in [6.07, 6.45) is 10.1. The first kappa shape index (κ1) is 25.1. The number of carbonyl (C=O) groups is 2. The highest BCUT2D eigenvalue weighted by Crippen LogP contribution is 2.36. The van der Waals surface area contributed by atoms with Gasteiger partial charge in [0.25, 0.3) is 11.8 Å². The van der Waals surface area contributed by atoms with Crippen molar-refractivity contribution < 1.29 is 9.59 Å². The lowest BCUT2D eigenvalue weighted by Crippen LogP contribution is -2.39. The molecule has 2 amide bonds. The van der Waals surface area contributed by atoms with E-state index in [1.54, 1.807) is 24.6 Å². The average Bonchev–Trinajstić information content (AvgIpc) is 3.67. The van der Waals surface area contributed by atoms with Gasteiger partial charge in [-0.2, -0.15) is 5.10 Å². The summed E-state index contributed by atoms with van der Waals surface area (Å²) >= 11 is 1.39. The molecular weight excluding hydrogens is 488 g/mol. The van der Waals surface area contributed by atoms with E-state index in [4.69, 9.17) is 5.41 Å². The summed E-state index contributed by atoms with van der Waals surface area (Å²) in [7, 11) is 1.80. The molecule has 37 heavy (non-hydrogen) atoms. The van der Waals surface area contributed by atoms with Crippen molar-refractivity contribution in [3.8, 4) is 0 Å². The smallest absolute Gasteiger partial charge is 0.260 e. The number of thiazole rings is 1. The number of piperidine rings is 1. The minimum atomic E-state index is -0.333. The van der Waals surface area contributed by atoms with Crippen molar-refractivity contribution in [2.75, 3.05) is 32.0 Å². The molecule has 5 rings (SSSR count). The zero-order valence-electron chi connectivity index (χ0n) is 21.3. The van der Waals surface area contributed by atoms with E-state index in [2.05, 4.69) is 30.9 Å². The number of rotatable bonds is 9. The summed E-state index contributed by atoms with van der Waals surface area (Å²) < 4.78 is 1.64. The molecule has 11 heteroatoms. The minimum absolute atomic E-state index is 0.200. The molecule has 0 aromatic carbocycles. The third kappa shape index (κ3) is 5.01. The molecule has 194 valence electrons. The fourth-order valence-electron chi connectivity index (χ4n) is 5.25. The maximum absolute atomic E-state index is 13.2. The van der Waals surface area contributed by atoms with Gasteiger partial charge in [0.2, 0.25) is 0 Å². The second-order valence-electron chi connectivity index (χ2n) is 9.73. The molecule has 0 unspecified atom stereocenters. The molecule has 0 radical (unpaired) electrons. The van der Waals surface area contributed by atoms with Crippen molar-refractivity contribution in [2.45, 2.75) is 39.2 Å². The molecule has 1 aliphatic carbocycles. The van der Waals surface area contributed by atoms with E-state index in [9.17, 15) is 9.59 Å². The molecule has 1 saturated carbocycles. The van der Waals surface area contributed by atoms with Crippen molar-refractivity contribution in [3.63, 3.8) is 0 Å². The molecule has 3 aromatic heterocycles. The van der Waals surface area contributed by atoms with Crippen molar-refractivity contribution in [2.24, 2.45) is 5.92 Å². The molecule has 2 fully saturated rings. The van der Waals surface area contributed by atoms with Crippen LogP contribution in [0.25, 0.3) is 10.4 Å². The first-order chi connectivity index (χ1) is 17.9. The molecule has 2 aliphatic rings. The van der Waals surface area contributed by atoms with Crippen LogP contribution in [0.1, 0.15) is 57.5 Å². The van der Waals surface area contributed by atoms with Crippen LogP contribution in [-0.2, 0) is 0 Å². The van der Waals surface area contributed by atoms with Gasteiger partial charge < -0.3 is 21.4 Å². The third-order valence-corrected chi connectivity index (χ3v) is 8.58. The van der Waals surface area contributed by atoms with Gasteiger partial charge in [0.05, 0.1) is 33.6 Å². The lowest BCUT2D eigenvalue weighted by Gasteiger charge is -2.26. The highest BCUT2D eigenvalue weighted by Gasteiger charge is 2.37. The first-order valence-corrected chi connectivity index (χ1v) is 13.4. The van der Waals surface area contributed by atoms with E-state index in [0.29, 0.717) is 39.9 Å². The van der Waals surface area contributed by atoms with Gasteiger partial charge in [-0.05, 0) is 45.1 Å². The van der Waals surface area contributed by atoms with Crippen molar-refractivity contribution in [1.82, 2.24) is 30.1 Å². The maximum atomic E-state index is 13.2. The number of allylic oxidation sites excluding steroid dienone is 2. The Balaban J connectivity index is 1.26. The van der Waals surface area contributed by atoms with Crippen LogP contribution in [0.15, 0.2) is 30.4 Å². The topological polar surface area (TPSA) is 128 Å². The summed E-state index contributed by atoms with van der Waals surface area (Å²) in [5.41, 5.74) is 3.52. The lowest BCUT2D eigenvalue weighted by molar-refractivity contribution is 0.0943. The normalized spacial score (nSPS) is 19.6. The zero-order valence-corrected chi connectivity index (χ0v) is 22.1. The third-order valence-electron chi connectivity index (χ3n) is 7.43. The summed E-state index contributed by atoms with van der Waals surface area (Å²) in [4.78, 5) is 34.3. The molecule has 2 atom stereocenters. The Morgan fingerprint density at radius 3 is 2.81 bits per heavy atom. The predicted octanol–water partition coefficient (Wildman–Crippen LogP) is 3.17. The van der Waals surface area contributed by atoms with Crippen molar-refractivity contribution in [3.05, 3.63) is 52.1 Å². The number of pyridine rings is 1. The number of likely N-dealkylation sites (tertiary alicyclic amines) is 1. The van der Waals surface area contributed by atoms with Gasteiger partial charge in [-0.3, -0.25) is 19.5 Å². The first-order valence-electron chi connectivity index (χ1n) is 12.5. The SMILES string of the molecule is CN/C(C)=C(\C=N)c1cn2ncc(C(=O)Nc3cc(C(=O)NCCN4C[C@@H]5CC[C@@H]4C5)cnc3C)c2s1. The van der Waals surface area contributed by atoms with Crippen LogP contribution in [0, 0.1) is 18.3 Å². The van der Waals surface area contributed by atoms with Gasteiger partial charge in [-0.15, -0.1) is 11.3 Å². The molecule has 0 spiro atoms. The Kier molecular flexibility index (Phi) is 7.07. The van der Waals surface area contributed by atoms with Crippen LogP contribution in [-0.4, -0.2) is 70.3 Å². The number of amides is 2. The number of aromatic nitrogens is 3. The van der Waals surface area contributed by atoms with E-state index in [1.807, 2.05) is 13.1 Å². The van der Waals surface area contributed by atoms with Gasteiger partial charge >= 0.3 is 0 Å². The van der Waals surface area contributed by atoms with Crippen LogP contribution in [0.2, 0.25) is 0 Å². The summed E-state index contributed by atoms with van der Waals surface area (Å²) in [5, 5.41) is 21.0. The Morgan fingerprint density at radius 2 is 2.11 bits per heavy atom. The predicted molar refractivity (Wildman–Crippen MR) is 145 cm³/mol. The summed E-state index contributed by atoms with van der Waals surface area (Å²) in [6.45, 7) is 6.28. The van der Waals surface area contributed by atoms with Crippen LogP contribution >= 0.6 is 11.3 Å². The number of hydrogen-bond donors (Lipinski definition) is 4. The molecular formula is C26H32N8O2S. The average molecular weight is 521 g/mol. The number of nitrogens with one attached hydrogen (secondary N) is 4. The van der Waals surface area contributed by atoms with E-state index < -0.39 is 0 Å². The van der Waals surface area contributed by atoms with Crippen molar-refractivity contribution in [1.29, 1.82) is 5.41 Å². The number of fused-ring (bicyclic) bond motifs is 3. The highest BCUT2D eigenvalue weighted by atomic mass is 32.1. The van der Waals surface area contributed by atoms with Crippen molar-refractivity contribution >= 4 is 45.5 Å². The van der Waals surface area contributed by atoms with Gasteiger partial charge in [-0.1, -0.05) is 0 Å². The zero-order chi connectivity index (χ0) is 26.1. The minimum Gasteiger partial charge on any atom is -0.391 e. The van der Waals surface area contributed by atoms with Gasteiger partial charge in [-0.25, -0.2) is 4.52 Å². The largest absolute Gasteiger partial charge is 0.391 e. The Labute approximate surface area is 219 Å². The van der Waals surface area contributed by atoms with Crippen LogP contribution in [0.5, 0.6) is 0 Å². The quantitative estimate of drug-likeness (QED) is 0.321. The number of hydrogen-bond acceptors (Lipinski definition) is 8. The molecule has 1 aliphatic heterocycles. The molecule has 1 saturated heterocycles. The van der Waals surface area contributed by atoms with Crippen LogP contribution in [0.3, 0.4) is 0 Å². The van der Waals surface area contributed by atoms with Crippen LogP contribution in [0.4, 0.5) is 5.69 Å². The maximum Gasteiger partial charge on any atom is 0.260 e. The van der Waals surface area contributed by atoms with Gasteiger partial charge in [0, 0.05) is 62.6 Å². The summed E-state index contributed by atoms with van der Waals surface area (Å²) in [5.74, 6) is 0.299. The summed E-state index contributed by atoms with van der Waals surface area (Å²) in [6, 6.07) is 2.35. The number of aryl methyl sites for hydroxylation is 1. The Hall–Kier alpha value is -3.57. The number of nitrogens with zero attached hydrogens (tertiary/aromatic N) is 4. The molecule has 10 nitrogen and oxygen atoms in total. The standard InChI is InChI=1S/C26H32N8O2S/c1-15(28-3)20(10-27)23-14-34-26(37-23)21(12-31-34)25(36)32-22-9-18(11-30-16(22)2)24(35)29-6-7-33-13-17-4-5-19(33)8-17/h9-12,14,17,19,27-28H,4-8,13H2,1-3H3,(H,29,35)(H,32,36)/b20-15+,27-10?/t17-,19-/m1/s1. The number of anilines is 1. The van der Waals surface area contributed by atoms with Gasteiger partial charge in [0.15, 0.2) is 0 Å². The fourth-order valence-corrected chi connectivity index (χ4v) is 6.39. The van der Waals surface area contributed by atoms with E-state index >= 15 is 0 Å². The number of carbonyl (C=O) groups excluding carboxylic acids is 2. The second kappa shape index (κ2) is 10.4. The fraction of sp³-hybridized carbons (Fsp3) is 0.423. The molecule has 4 N–H and O–H groups in total. The molecule has 3 aromatic rings. The molecule has 4 heterocycles. The monoisotopic (exact) mass is 520 g/mol. The Bertz CT molecular complexity index is 1390. The van der Waals surface area contributed by atoms with E-state index in [0.717, 1.165) is 35.2 Å². The van der Waals surface area contributed by atoms with Crippen LogP contribution < -0.4 is 16.0 Å². The molecule has 2 bridgehead atoms. The highest BCUT2D eigenvalue weighted by molar-refractivity contribution is 7.19.